The lowest BCUT2D eigenvalue weighted by Crippen LogP contribution is -2.16. The molecule has 0 aliphatic heterocycles. The number of unbranched alkanes of at least 4 members (excludes halogenated alkanes) is 9. The maximum Gasteiger partial charge on any atom is 0.0385 e. The van der Waals surface area contributed by atoms with Crippen LogP contribution in [0.5, 0.6) is 0 Å². The summed E-state index contributed by atoms with van der Waals surface area (Å²) in [4.78, 5) is 8.88. The quantitative estimate of drug-likeness (QED) is 0.234. The molecule has 0 heterocycles. The van der Waals surface area contributed by atoms with Gasteiger partial charge in [0.05, 0.1) is 0 Å². The van der Waals surface area contributed by atoms with Crippen LogP contribution in [0.3, 0.4) is 0 Å². The van der Waals surface area contributed by atoms with Gasteiger partial charge in [-0.2, -0.15) is 0 Å². The monoisotopic (exact) mass is 337 g/mol. The van der Waals surface area contributed by atoms with E-state index in [1.165, 1.54) is 83.7 Å². The van der Waals surface area contributed by atoms with E-state index in [1.807, 2.05) is 0 Å². The van der Waals surface area contributed by atoms with Crippen molar-refractivity contribution in [2.24, 2.45) is 9.98 Å². The molecular weight excluding hydrogens is 294 g/mol. The number of hydrogen-bond donors (Lipinski definition) is 1. The molecule has 0 fully saturated rings. The van der Waals surface area contributed by atoms with Gasteiger partial charge in [-0.05, 0) is 70.5 Å². The summed E-state index contributed by atoms with van der Waals surface area (Å²) in [5.74, 6) is 0. The Hall–Kier alpha value is -0.700. The molecule has 0 bridgehead atoms. The highest BCUT2D eigenvalue weighted by molar-refractivity contribution is 5.57. The topological polar surface area (TPSA) is 36.8 Å². The summed E-state index contributed by atoms with van der Waals surface area (Å²) in [5.41, 5.74) is 0. The molecule has 0 aliphatic carbocycles. The number of nitrogens with zero attached hydrogens (tertiary/aromatic N) is 2. The Morgan fingerprint density at radius 1 is 0.583 bits per heavy atom. The smallest absolute Gasteiger partial charge is 0.0385 e. The van der Waals surface area contributed by atoms with Crippen LogP contribution in [0.2, 0.25) is 0 Å². The maximum absolute atomic E-state index is 4.46. The van der Waals surface area contributed by atoms with Gasteiger partial charge in [0.2, 0.25) is 0 Å². The van der Waals surface area contributed by atoms with Crippen molar-refractivity contribution >= 4 is 12.4 Å². The van der Waals surface area contributed by atoms with Crippen LogP contribution in [0.25, 0.3) is 0 Å². The van der Waals surface area contributed by atoms with Crippen LogP contribution >= 0.6 is 0 Å². The first-order valence-electron chi connectivity index (χ1n) is 10.6. The first-order chi connectivity index (χ1) is 11.9. The van der Waals surface area contributed by atoms with Gasteiger partial charge < -0.3 is 5.32 Å². The molecule has 0 aromatic rings. The summed E-state index contributed by atoms with van der Waals surface area (Å²) in [6.07, 6.45) is 20.7. The Morgan fingerprint density at radius 2 is 1.12 bits per heavy atom. The third-order valence-corrected chi connectivity index (χ3v) is 4.14. The SMILES string of the molecule is CCCC=NCCCCCCNCCCCCCN=CCCCC. The van der Waals surface area contributed by atoms with E-state index in [-0.39, 0.29) is 0 Å². The lowest BCUT2D eigenvalue weighted by Gasteiger charge is -2.04. The Morgan fingerprint density at radius 3 is 1.67 bits per heavy atom. The van der Waals surface area contributed by atoms with E-state index in [9.17, 15) is 0 Å². The van der Waals surface area contributed by atoms with Gasteiger partial charge in [0.15, 0.2) is 0 Å². The molecule has 0 aliphatic rings. The van der Waals surface area contributed by atoms with Crippen LogP contribution < -0.4 is 5.32 Å². The van der Waals surface area contributed by atoms with Crippen molar-refractivity contribution < 1.29 is 0 Å². The van der Waals surface area contributed by atoms with Crippen molar-refractivity contribution in [1.29, 1.82) is 0 Å². The van der Waals surface area contributed by atoms with Crippen LogP contribution in [-0.2, 0) is 0 Å². The van der Waals surface area contributed by atoms with Crippen LogP contribution in [0.1, 0.15) is 97.3 Å². The summed E-state index contributed by atoms with van der Waals surface area (Å²) in [6.45, 7) is 8.84. The maximum atomic E-state index is 4.46. The minimum atomic E-state index is 1.02. The molecule has 1 N–H and O–H groups in total. The van der Waals surface area contributed by atoms with E-state index >= 15 is 0 Å². The number of hydrogen-bond acceptors (Lipinski definition) is 3. The summed E-state index contributed by atoms with van der Waals surface area (Å²) in [5, 5.41) is 3.57. The minimum Gasteiger partial charge on any atom is -0.317 e. The third kappa shape index (κ3) is 21.3. The average molecular weight is 338 g/mol. The van der Waals surface area contributed by atoms with Crippen molar-refractivity contribution in [3.8, 4) is 0 Å². The molecule has 142 valence electrons. The molecular formula is C21H43N3. The van der Waals surface area contributed by atoms with Gasteiger partial charge in [0, 0.05) is 13.1 Å². The van der Waals surface area contributed by atoms with E-state index in [0.717, 1.165) is 25.9 Å². The molecule has 0 spiro atoms. The molecule has 0 radical (unpaired) electrons. The second kappa shape index (κ2) is 22.3. The highest BCUT2D eigenvalue weighted by Gasteiger charge is 1.92. The van der Waals surface area contributed by atoms with Gasteiger partial charge in [-0.1, -0.05) is 52.4 Å². The Kier molecular flexibility index (Phi) is 21.6. The van der Waals surface area contributed by atoms with E-state index < -0.39 is 0 Å². The fourth-order valence-corrected chi connectivity index (χ4v) is 2.53. The zero-order valence-corrected chi connectivity index (χ0v) is 16.6. The predicted molar refractivity (Wildman–Crippen MR) is 111 cm³/mol. The molecule has 0 rings (SSSR count). The lowest BCUT2D eigenvalue weighted by molar-refractivity contribution is 0.558. The molecule has 0 aromatic carbocycles. The third-order valence-electron chi connectivity index (χ3n) is 4.14. The van der Waals surface area contributed by atoms with Crippen LogP contribution in [0.15, 0.2) is 9.98 Å². The zero-order chi connectivity index (χ0) is 17.6. The van der Waals surface area contributed by atoms with Gasteiger partial charge in [-0.3, -0.25) is 9.98 Å². The van der Waals surface area contributed by atoms with Gasteiger partial charge in [-0.15, -0.1) is 0 Å². The van der Waals surface area contributed by atoms with Crippen LogP contribution in [0, 0.1) is 0 Å². The molecule has 0 amide bonds. The standard InChI is InChI=1S/C21H43N3/c1-3-5-11-17-23-19-13-9-10-15-21-24-20-14-8-7-12-18-22-16-6-4-2/h16-17,24H,3-15,18-21H2,1-2H3. The lowest BCUT2D eigenvalue weighted by atomic mass is 10.2. The first-order valence-corrected chi connectivity index (χ1v) is 10.6. The summed E-state index contributed by atoms with van der Waals surface area (Å²) >= 11 is 0. The Bertz CT molecular complexity index is 274. The van der Waals surface area contributed by atoms with Gasteiger partial charge in [0.1, 0.15) is 0 Å². The van der Waals surface area contributed by atoms with Crippen molar-refractivity contribution in [3.05, 3.63) is 0 Å². The average Bonchev–Trinajstić information content (AvgIpc) is 2.60. The minimum absolute atomic E-state index is 1.02. The molecule has 0 aromatic heterocycles. The molecule has 0 atom stereocenters. The van der Waals surface area contributed by atoms with Crippen LogP contribution in [-0.4, -0.2) is 38.6 Å². The largest absolute Gasteiger partial charge is 0.317 e. The predicted octanol–water partition coefficient (Wildman–Crippen LogP) is 5.83. The molecule has 0 unspecified atom stereocenters. The number of nitrogens with one attached hydrogen (secondary N) is 1. The molecule has 3 heteroatoms. The van der Waals surface area contributed by atoms with Gasteiger partial charge in [-0.25, -0.2) is 0 Å². The zero-order valence-electron chi connectivity index (χ0n) is 16.6. The second-order valence-electron chi connectivity index (χ2n) is 6.69. The van der Waals surface area contributed by atoms with E-state index in [4.69, 9.17) is 0 Å². The summed E-state index contributed by atoms with van der Waals surface area (Å²) < 4.78 is 0. The van der Waals surface area contributed by atoms with Gasteiger partial charge in [0.25, 0.3) is 0 Å². The summed E-state index contributed by atoms with van der Waals surface area (Å²) in [7, 11) is 0. The fraction of sp³-hybridized carbons (Fsp3) is 0.905. The second-order valence-corrected chi connectivity index (χ2v) is 6.69. The highest BCUT2D eigenvalue weighted by Crippen LogP contribution is 2.01. The molecule has 0 saturated carbocycles. The number of rotatable bonds is 19. The van der Waals surface area contributed by atoms with Crippen LogP contribution in [0.4, 0.5) is 0 Å². The highest BCUT2D eigenvalue weighted by atomic mass is 14.8. The van der Waals surface area contributed by atoms with E-state index in [2.05, 4.69) is 41.6 Å². The molecule has 0 saturated heterocycles. The van der Waals surface area contributed by atoms with Crippen molar-refractivity contribution in [2.75, 3.05) is 26.2 Å². The van der Waals surface area contributed by atoms with Crippen molar-refractivity contribution in [2.45, 2.75) is 97.3 Å². The van der Waals surface area contributed by atoms with Crippen molar-refractivity contribution in [3.63, 3.8) is 0 Å². The van der Waals surface area contributed by atoms with Crippen molar-refractivity contribution in [1.82, 2.24) is 5.32 Å². The molecule has 24 heavy (non-hydrogen) atoms. The fourth-order valence-electron chi connectivity index (χ4n) is 2.53. The normalized spacial score (nSPS) is 11.9. The van der Waals surface area contributed by atoms with Gasteiger partial charge >= 0.3 is 0 Å². The molecule has 3 nitrogen and oxygen atoms in total. The summed E-state index contributed by atoms with van der Waals surface area (Å²) in [6, 6.07) is 0. The Labute approximate surface area is 151 Å². The van der Waals surface area contributed by atoms with E-state index in [0.29, 0.717) is 0 Å². The Balaban J connectivity index is 3.04. The first kappa shape index (κ1) is 23.3. The number of aliphatic imine (C=N–C) groups is 2. The van der Waals surface area contributed by atoms with E-state index in [1.54, 1.807) is 0 Å².